The van der Waals surface area contributed by atoms with Crippen LogP contribution in [0.1, 0.15) is 62.3 Å². The lowest BCUT2D eigenvalue weighted by Crippen LogP contribution is -2.22. The van der Waals surface area contributed by atoms with Crippen molar-refractivity contribution in [3.05, 3.63) is 72.8 Å². The van der Waals surface area contributed by atoms with Gasteiger partial charge in [0.15, 0.2) is 0 Å². The average molecular weight is 499 g/mol. The molecule has 3 nitrogen and oxygen atoms in total. The number of hydrogen-bond acceptors (Lipinski definition) is 3. The van der Waals surface area contributed by atoms with Crippen molar-refractivity contribution >= 4 is 10.4 Å². The van der Waals surface area contributed by atoms with Crippen molar-refractivity contribution in [1.29, 1.82) is 0 Å². The van der Waals surface area contributed by atoms with Gasteiger partial charge >= 0.3 is 0 Å². The number of hydrogen-bond donors (Lipinski definition) is 0. The largest absolute Gasteiger partial charge is 0.488 e. The maximum Gasteiger partial charge on any atom is 0.120 e. The lowest BCUT2D eigenvalue weighted by Gasteiger charge is -2.33. The SMILES string of the molecule is CC(C)(C)Oc1ccc(S(F)(c2ccc(OC(C)(C)C)cc2)c2ccc(OC(C)(C)C)cc2)cc1. The molecule has 35 heavy (non-hydrogen) atoms. The molecule has 5 heteroatoms. The van der Waals surface area contributed by atoms with Crippen molar-refractivity contribution in [3.8, 4) is 17.2 Å². The van der Waals surface area contributed by atoms with Gasteiger partial charge in [0.25, 0.3) is 0 Å². The normalized spacial score (nSPS) is 13.3. The Labute approximate surface area is 212 Å². The van der Waals surface area contributed by atoms with Gasteiger partial charge in [0.05, 0.1) is 0 Å². The highest BCUT2D eigenvalue weighted by atomic mass is 32.3. The van der Waals surface area contributed by atoms with Crippen LogP contribution in [0.3, 0.4) is 0 Å². The Balaban J connectivity index is 2.05. The molecule has 0 amide bonds. The van der Waals surface area contributed by atoms with Crippen LogP contribution >= 0.6 is 10.4 Å². The third kappa shape index (κ3) is 7.41. The second-order valence-corrected chi connectivity index (χ2v) is 14.1. The minimum absolute atomic E-state index is 0.326. The van der Waals surface area contributed by atoms with Crippen LogP contribution in [-0.2, 0) is 0 Å². The molecule has 3 aromatic rings. The van der Waals surface area contributed by atoms with Gasteiger partial charge in [0, 0.05) is 14.7 Å². The maximum absolute atomic E-state index is 17.4. The van der Waals surface area contributed by atoms with Gasteiger partial charge in [-0.05, 0) is 146 Å². The third-order valence-electron chi connectivity index (χ3n) is 4.72. The average Bonchev–Trinajstić information content (AvgIpc) is 2.71. The van der Waals surface area contributed by atoms with Crippen molar-refractivity contribution in [3.63, 3.8) is 0 Å². The van der Waals surface area contributed by atoms with E-state index in [-0.39, 0.29) is 16.8 Å². The van der Waals surface area contributed by atoms with E-state index in [1.165, 1.54) is 0 Å². The lowest BCUT2D eigenvalue weighted by molar-refractivity contribution is 0.130. The van der Waals surface area contributed by atoms with E-state index in [1.807, 2.05) is 135 Å². The first-order valence-corrected chi connectivity index (χ1v) is 13.5. The molecular weight excluding hydrogens is 459 g/mol. The van der Waals surface area contributed by atoms with Crippen molar-refractivity contribution in [2.75, 3.05) is 0 Å². The van der Waals surface area contributed by atoms with Crippen molar-refractivity contribution in [1.82, 2.24) is 0 Å². The summed E-state index contributed by atoms with van der Waals surface area (Å²) in [6.07, 6.45) is 0. The summed E-state index contributed by atoms with van der Waals surface area (Å²) < 4.78 is 35.2. The molecular formula is C30H39FO3S. The molecule has 0 aromatic heterocycles. The molecule has 3 rings (SSSR count). The Kier molecular flexibility index (Phi) is 7.52. The molecule has 0 spiro atoms. The van der Waals surface area contributed by atoms with E-state index >= 15 is 3.89 Å². The molecule has 190 valence electrons. The van der Waals surface area contributed by atoms with E-state index in [9.17, 15) is 0 Å². The predicted octanol–water partition coefficient (Wildman–Crippen LogP) is 9.38. The Morgan fingerprint density at radius 1 is 0.429 bits per heavy atom. The zero-order valence-electron chi connectivity index (χ0n) is 22.4. The van der Waals surface area contributed by atoms with Gasteiger partial charge in [-0.15, -0.1) is 0 Å². The zero-order chi connectivity index (χ0) is 26.1. The first kappa shape index (κ1) is 26.9. The molecule has 0 bridgehead atoms. The summed E-state index contributed by atoms with van der Waals surface area (Å²) in [4.78, 5) is 1.81. The first-order chi connectivity index (χ1) is 16.1. The van der Waals surface area contributed by atoms with Gasteiger partial charge in [-0.2, -0.15) is 3.89 Å². The van der Waals surface area contributed by atoms with Crippen LogP contribution in [0.5, 0.6) is 17.2 Å². The standard InChI is InChI=1S/C30H39FO3S/c1-28(2,3)32-22-10-16-25(17-11-22)35(31,26-18-12-23(13-19-26)33-29(4,5)6)27-20-14-24(15-21-27)34-30(7,8)9/h10-21H,1-9H3. The molecule has 0 aliphatic rings. The molecule has 0 saturated heterocycles. The van der Waals surface area contributed by atoms with Crippen molar-refractivity contribution < 1.29 is 18.1 Å². The van der Waals surface area contributed by atoms with Crippen LogP contribution in [0, 0.1) is 0 Å². The highest BCUT2D eigenvalue weighted by molar-refractivity contribution is 8.29. The monoisotopic (exact) mass is 498 g/mol. The molecule has 0 fully saturated rings. The Morgan fingerprint density at radius 2 is 0.629 bits per heavy atom. The van der Waals surface area contributed by atoms with Gasteiger partial charge in [-0.3, -0.25) is 0 Å². The second kappa shape index (κ2) is 9.77. The Hall–Kier alpha value is -2.66. The van der Waals surface area contributed by atoms with Crippen LogP contribution in [0.25, 0.3) is 0 Å². The molecule has 0 aliphatic carbocycles. The fourth-order valence-electron chi connectivity index (χ4n) is 3.55. The second-order valence-electron chi connectivity index (χ2n) is 11.6. The van der Waals surface area contributed by atoms with Crippen molar-refractivity contribution in [2.24, 2.45) is 0 Å². The van der Waals surface area contributed by atoms with Crippen LogP contribution < -0.4 is 14.2 Å². The maximum atomic E-state index is 17.4. The van der Waals surface area contributed by atoms with Gasteiger partial charge in [-0.25, -0.2) is 0 Å². The summed E-state index contributed by atoms with van der Waals surface area (Å²) >= 11 is 0. The van der Waals surface area contributed by atoms with E-state index in [2.05, 4.69) is 0 Å². The zero-order valence-corrected chi connectivity index (χ0v) is 23.3. The highest BCUT2D eigenvalue weighted by Gasteiger charge is 2.32. The predicted molar refractivity (Wildman–Crippen MR) is 144 cm³/mol. The van der Waals surface area contributed by atoms with Gasteiger partial charge in [-0.1, -0.05) is 0 Å². The van der Waals surface area contributed by atoms with E-state index in [0.717, 1.165) is 0 Å². The quantitative estimate of drug-likeness (QED) is 0.339. The summed E-state index contributed by atoms with van der Waals surface area (Å²) in [5.41, 5.74) is -0.979. The number of rotatable bonds is 6. The van der Waals surface area contributed by atoms with E-state index in [4.69, 9.17) is 14.2 Å². The van der Waals surface area contributed by atoms with Gasteiger partial charge < -0.3 is 14.2 Å². The molecule has 3 aromatic carbocycles. The smallest absolute Gasteiger partial charge is 0.120 e. The molecule has 0 unspecified atom stereocenters. The topological polar surface area (TPSA) is 27.7 Å². The summed E-state index contributed by atoms with van der Waals surface area (Å²) in [6.45, 7) is 17.9. The van der Waals surface area contributed by atoms with E-state index in [0.29, 0.717) is 31.9 Å². The van der Waals surface area contributed by atoms with Gasteiger partial charge in [0.1, 0.15) is 34.1 Å². The van der Waals surface area contributed by atoms with Crippen LogP contribution in [0.15, 0.2) is 87.5 Å². The summed E-state index contributed by atoms with van der Waals surface area (Å²) in [6, 6.07) is 22.0. The van der Waals surface area contributed by atoms with Gasteiger partial charge in [0.2, 0.25) is 0 Å². The first-order valence-electron chi connectivity index (χ1n) is 12.0. The minimum atomic E-state index is -3.02. The van der Waals surface area contributed by atoms with Crippen molar-refractivity contribution in [2.45, 2.75) is 93.8 Å². The Morgan fingerprint density at radius 3 is 0.800 bits per heavy atom. The van der Waals surface area contributed by atoms with Crippen LogP contribution in [-0.4, -0.2) is 16.8 Å². The van der Waals surface area contributed by atoms with E-state index in [1.54, 1.807) is 0 Å². The van der Waals surface area contributed by atoms with E-state index < -0.39 is 10.4 Å². The minimum Gasteiger partial charge on any atom is -0.488 e. The molecule has 0 heterocycles. The van der Waals surface area contributed by atoms with Crippen LogP contribution in [0.2, 0.25) is 0 Å². The summed E-state index contributed by atoms with van der Waals surface area (Å²) in [7, 11) is -3.02. The number of benzene rings is 3. The molecule has 0 N–H and O–H groups in total. The Bertz CT molecular complexity index is 957. The molecule has 0 atom stereocenters. The number of ether oxygens (including phenoxy) is 3. The molecule has 0 radical (unpaired) electrons. The molecule has 0 aliphatic heterocycles. The summed E-state index contributed by atoms with van der Waals surface area (Å²) in [5.74, 6) is 2.14. The lowest BCUT2D eigenvalue weighted by atomic mass is 10.2. The highest BCUT2D eigenvalue weighted by Crippen LogP contribution is 2.70. The fourth-order valence-corrected chi connectivity index (χ4v) is 5.90. The third-order valence-corrected chi connectivity index (χ3v) is 7.48. The summed E-state index contributed by atoms with van der Waals surface area (Å²) in [5, 5.41) is 0. The van der Waals surface area contributed by atoms with Crippen LogP contribution in [0.4, 0.5) is 3.89 Å². The fraction of sp³-hybridized carbons (Fsp3) is 0.400. The molecule has 0 saturated carbocycles. The number of halogens is 1.